The topological polar surface area (TPSA) is 73.5 Å². The maximum Gasteiger partial charge on any atom is 0.241 e. The van der Waals surface area contributed by atoms with Gasteiger partial charge in [-0.15, -0.1) is 0 Å². The molecule has 0 aromatic rings. The Morgan fingerprint density at radius 1 is 1.16 bits per heavy atom. The Morgan fingerprint density at radius 2 is 1.84 bits per heavy atom. The average molecular weight is 268 g/mol. The van der Waals surface area contributed by atoms with Crippen molar-refractivity contribution in [2.45, 2.75) is 44.8 Å². The number of likely N-dealkylation sites (tertiary alicyclic amines) is 1. The average Bonchev–Trinajstić information content (AvgIpc) is 2.39. The SMILES string of the molecule is CC(=O)NC1CCN(C(=O)C2CNC(C)CN2)CC1. The number of piperidine rings is 1. The number of hydrogen-bond acceptors (Lipinski definition) is 4. The summed E-state index contributed by atoms with van der Waals surface area (Å²) in [5, 5.41) is 9.53. The fraction of sp³-hybridized carbons (Fsp3) is 0.846. The van der Waals surface area contributed by atoms with Crippen molar-refractivity contribution < 1.29 is 9.59 Å². The number of carbonyl (C=O) groups excluding carboxylic acids is 2. The molecule has 3 N–H and O–H groups in total. The molecule has 6 nitrogen and oxygen atoms in total. The number of carbonyl (C=O) groups is 2. The predicted octanol–water partition coefficient (Wildman–Crippen LogP) is -0.937. The summed E-state index contributed by atoms with van der Waals surface area (Å²) in [4.78, 5) is 25.2. The lowest BCUT2D eigenvalue weighted by Gasteiger charge is -2.36. The third kappa shape index (κ3) is 3.91. The fourth-order valence-electron chi connectivity index (χ4n) is 2.71. The second-order valence-electron chi connectivity index (χ2n) is 5.57. The minimum Gasteiger partial charge on any atom is -0.353 e. The highest BCUT2D eigenvalue weighted by Crippen LogP contribution is 2.12. The lowest BCUT2D eigenvalue weighted by Crippen LogP contribution is -2.60. The molecule has 2 aliphatic rings. The molecule has 2 saturated heterocycles. The molecule has 0 aromatic heterocycles. The zero-order chi connectivity index (χ0) is 13.8. The Bertz CT molecular complexity index is 332. The molecule has 2 unspecified atom stereocenters. The van der Waals surface area contributed by atoms with E-state index in [1.807, 2.05) is 4.90 Å². The summed E-state index contributed by atoms with van der Waals surface area (Å²) in [6, 6.07) is 0.544. The van der Waals surface area contributed by atoms with Gasteiger partial charge in [0.05, 0.1) is 6.04 Å². The summed E-state index contributed by atoms with van der Waals surface area (Å²) in [5.41, 5.74) is 0. The number of nitrogens with zero attached hydrogens (tertiary/aromatic N) is 1. The van der Waals surface area contributed by atoms with E-state index in [1.165, 1.54) is 6.92 Å². The minimum absolute atomic E-state index is 0.0110. The van der Waals surface area contributed by atoms with Gasteiger partial charge < -0.3 is 20.9 Å². The molecule has 2 atom stereocenters. The zero-order valence-electron chi connectivity index (χ0n) is 11.7. The number of amides is 2. The quantitative estimate of drug-likeness (QED) is 0.604. The highest BCUT2D eigenvalue weighted by atomic mass is 16.2. The van der Waals surface area contributed by atoms with Crippen molar-refractivity contribution in [1.82, 2.24) is 20.9 Å². The van der Waals surface area contributed by atoms with E-state index in [0.29, 0.717) is 12.6 Å². The zero-order valence-corrected chi connectivity index (χ0v) is 11.7. The van der Waals surface area contributed by atoms with Crippen LogP contribution in [0.4, 0.5) is 0 Å². The summed E-state index contributed by atoms with van der Waals surface area (Å²) in [5.74, 6) is 0.192. The molecule has 2 heterocycles. The maximum atomic E-state index is 12.3. The Kier molecular flexibility index (Phi) is 4.76. The van der Waals surface area contributed by atoms with E-state index in [-0.39, 0.29) is 23.9 Å². The summed E-state index contributed by atoms with van der Waals surface area (Å²) in [6.07, 6.45) is 1.70. The molecule has 0 aliphatic carbocycles. The molecule has 2 rings (SSSR count). The van der Waals surface area contributed by atoms with Crippen LogP contribution in [-0.2, 0) is 9.59 Å². The van der Waals surface area contributed by atoms with Gasteiger partial charge in [0, 0.05) is 45.2 Å². The number of rotatable bonds is 2. The van der Waals surface area contributed by atoms with Crippen molar-refractivity contribution in [2.24, 2.45) is 0 Å². The molecule has 2 amide bonds. The van der Waals surface area contributed by atoms with Crippen molar-refractivity contribution in [3.05, 3.63) is 0 Å². The third-order valence-corrected chi connectivity index (χ3v) is 3.85. The molecule has 108 valence electrons. The minimum atomic E-state index is -0.103. The fourth-order valence-corrected chi connectivity index (χ4v) is 2.71. The second-order valence-corrected chi connectivity index (χ2v) is 5.57. The molecule has 2 fully saturated rings. The van der Waals surface area contributed by atoms with Gasteiger partial charge in [0.15, 0.2) is 0 Å². The van der Waals surface area contributed by atoms with Gasteiger partial charge in [-0.05, 0) is 19.8 Å². The summed E-state index contributed by atoms with van der Waals surface area (Å²) in [6.45, 7) is 6.64. The maximum absolute atomic E-state index is 12.3. The van der Waals surface area contributed by atoms with Crippen LogP contribution in [0.1, 0.15) is 26.7 Å². The lowest BCUT2D eigenvalue weighted by molar-refractivity contribution is -0.135. The van der Waals surface area contributed by atoms with E-state index in [2.05, 4.69) is 22.9 Å². The Morgan fingerprint density at radius 3 is 2.37 bits per heavy atom. The van der Waals surface area contributed by atoms with E-state index in [9.17, 15) is 9.59 Å². The number of piperazine rings is 1. The summed E-state index contributed by atoms with van der Waals surface area (Å²) < 4.78 is 0. The van der Waals surface area contributed by atoms with Gasteiger partial charge in [0.25, 0.3) is 0 Å². The van der Waals surface area contributed by atoms with Crippen LogP contribution in [0.25, 0.3) is 0 Å². The Hall–Kier alpha value is -1.14. The number of nitrogens with one attached hydrogen (secondary N) is 3. The van der Waals surface area contributed by atoms with E-state index >= 15 is 0 Å². The molecule has 6 heteroatoms. The van der Waals surface area contributed by atoms with Crippen LogP contribution in [0.3, 0.4) is 0 Å². The van der Waals surface area contributed by atoms with E-state index < -0.39 is 0 Å². The molecular weight excluding hydrogens is 244 g/mol. The molecule has 0 spiro atoms. The van der Waals surface area contributed by atoms with Crippen LogP contribution in [0.5, 0.6) is 0 Å². The van der Waals surface area contributed by atoms with Crippen molar-refractivity contribution >= 4 is 11.8 Å². The normalized spacial score (nSPS) is 29.1. The van der Waals surface area contributed by atoms with E-state index in [0.717, 1.165) is 32.5 Å². The van der Waals surface area contributed by atoms with Gasteiger partial charge in [-0.1, -0.05) is 0 Å². The Labute approximate surface area is 114 Å². The van der Waals surface area contributed by atoms with Crippen LogP contribution in [0.15, 0.2) is 0 Å². The van der Waals surface area contributed by atoms with Gasteiger partial charge >= 0.3 is 0 Å². The predicted molar refractivity (Wildman–Crippen MR) is 72.7 cm³/mol. The van der Waals surface area contributed by atoms with Crippen LogP contribution >= 0.6 is 0 Å². The molecule has 2 aliphatic heterocycles. The largest absolute Gasteiger partial charge is 0.353 e. The second kappa shape index (κ2) is 6.34. The van der Waals surface area contributed by atoms with Gasteiger partial charge in [0.1, 0.15) is 0 Å². The molecular formula is C13H24N4O2. The summed E-state index contributed by atoms with van der Waals surface area (Å²) >= 11 is 0. The first kappa shape index (κ1) is 14.3. The highest BCUT2D eigenvalue weighted by Gasteiger charge is 2.30. The molecule has 0 bridgehead atoms. The van der Waals surface area contributed by atoms with Crippen molar-refractivity contribution in [1.29, 1.82) is 0 Å². The first-order valence-electron chi connectivity index (χ1n) is 7.09. The summed E-state index contributed by atoms with van der Waals surface area (Å²) in [7, 11) is 0. The lowest BCUT2D eigenvalue weighted by atomic mass is 10.0. The highest BCUT2D eigenvalue weighted by molar-refractivity contribution is 5.82. The van der Waals surface area contributed by atoms with Crippen LogP contribution in [-0.4, -0.2) is 61.0 Å². The van der Waals surface area contributed by atoms with E-state index in [4.69, 9.17) is 0 Å². The van der Waals surface area contributed by atoms with Gasteiger partial charge in [-0.25, -0.2) is 0 Å². The standard InChI is InChI=1S/C13H24N4O2/c1-9-7-15-12(8-14-9)13(19)17-5-3-11(4-6-17)16-10(2)18/h9,11-12,14-15H,3-8H2,1-2H3,(H,16,18). The monoisotopic (exact) mass is 268 g/mol. The van der Waals surface area contributed by atoms with Crippen molar-refractivity contribution in [3.63, 3.8) is 0 Å². The van der Waals surface area contributed by atoms with Crippen molar-refractivity contribution in [3.8, 4) is 0 Å². The van der Waals surface area contributed by atoms with Crippen molar-refractivity contribution in [2.75, 3.05) is 26.2 Å². The smallest absolute Gasteiger partial charge is 0.241 e. The third-order valence-electron chi connectivity index (χ3n) is 3.85. The van der Waals surface area contributed by atoms with Gasteiger partial charge in [-0.2, -0.15) is 0 Å². The molecule has 0 aromatic carbocycles. The van der Waals surface area contributed by atoms with Crippen LogP contribution in [0, 0.1) is 0 Å². The van der Waals surface area contributed by atoms with Gasteiger partial charge in [0.2, 0.25) is 11.8 Å². The first-order valence-corrected chi connectivity index (χ1v) is 7.09. The van der Waals surface area contributed by atoms with E-state index in [1.54, 1.807) is 0 Å². The number of hydrogen-bond donors (Lipinski definition) is 3. The van der Waals surface area contributed by atoms with Gasteiger partial charge in [-0.3, -0.25) is 9.59 Å². The van der Waals surface area contributed by atoms with Crippen LogP contribution < -0.4 is 16.0 Å². The first-order chi connectivity index (χ1) is 9.06. The molecule has 0 saturated carbocycles. The Balaban J connectivity index is 1.77. The molecule has 0 radical (unpaired) electrons. The van der Waals surface area contributed by atoms with Crippen LogP contribution in [0.2, 0.25) is 0 Å². The molecule has 19 heavy (non-hydrogen) atoms.